The van der Waals surface area contributed by atoms with Crippen molar-refractivity contribution in [3.63, 3.8) is 0 Å². The standard InChI is InChI=1S/C22H25N3OS/c1-15-8-6-7-9-19(15)25-14-23-24-21(25)27-16(2)20(26)17-10-12-18(13-11-17)22(3,4)5/h6-14,16H,1-5H3/t16-/m1/s1. The van der Waals surface area contributed by atoms with Crippen LogP contribution in [0.15, 0.2) is 60.0 Å². The van der Waals surface area contributed by atoms with Crippen LogP contribution in [0.3, 0.4) is 0 Å². The van der Waals surface area contributed by atoms with E-state index in [-0.39, 0.29) is 16.4 Å². The highest BCUT2D eigenvalue weighted by atomic mass is 32.2. The van der Waals surface area contributed by atoms with Crippen molar-refractivity contribution in [3.05, 3.63) is 71.5 Å². The number of carbonyl (C=O) groups is 1. The maximum absolute atomic E-state index is 12.9. The molecule has 27 heavy (non-hydrogen) atoms. The number of aromatic nitrogens is 3. The molecular formula is C22H25N3OS. The van der Waals surface area contributed by atoms with Crippen molar-refractivity contribution in [2.75, 3.05) is 0 Å². The van der Waals surface area contributed by atoms with Crippen LogP contribution in [-0.2, 0) is 5.41 Å². The van der Waals surface area contributed by atoms with E-state index in [1.54, 1.807) is 6.33 Å². The molecule has 0 N–H and O–H groups in total. The molecule has 0 aliphatic rings. The number of para-hydroxylation sites is 1. The Morgan fingerprint density at radius 2 is 1.74 bits per heavy atom. The van der Waals surface area contributed by atoms with Gasteiger partial charge < -0.3 is 0 Å². The molecule has 1 aromatic heterocycles. The second-order valence-electron chi connectivity index (χ2n) is 7.72. The topological polar surface area (TPSA) is 47.8 Å². The number of benzene rings is 2. The van der Waals surface area contributed by atoms with Gasteiger partial charge in [-0.2, -0.15) is 0 Å². The molecule has 4 nitrogen and oxygen atoms in total. The largest absolute Gasteiger partial charge is 0.293 e. The molecule has 1 heterocycles. The van der Waals surface area contributed by atoms with E-state index < -0.39 is 0 Å². The van der Waals surface area contributed by atoms with Crippen molar-refractivity contribution in [2.45, 2.75) is 50.4 Å². The molecule has 0 amide bonds. The van der Waals surface area contributed by atoms with Crippen LogP contribution in [0.25, 0.3) is 5.69 Å². The fraction of sp³-hybridized carbons (Fsp3) is 0.318. The first-order chi connectivity index (χ1) is 12.8. The molecule has 0 bridgehead atoms. The lowest BCUT2D eigenvalue weighted by Gasteiger charge is -2.19. The smallest absolute Gasteiger partial charge is 0.196 e. The molecule has 0 unspecified atom stereocenters. The lowest BCUT2D eigenvalue weighted by atomic mass is 9.86. The molecule has 0 aliphatic carbocycles. The van der Waals surface area contributed by atoms with Gasteiger partial charge in [0.05, 0.1) is 10.9 Å². The third-order valence-corrected chi connectivity index (χ3v) is 5.64. The van der Waals surface area contributed by atoms with E-state index in [0.29, 0.717) is 0 Å². The van der Waals surface area contributed by atoms with Gasteiger partial charge in [-0.15, -0.1) is 10.2 Å². The molecule has 0 fully saturated rings. The van der Waals surface area contributed by atoms with E-state index in [4.69, 9.17) is 0 Å². The van der Waals surface area contributed by atoms with E-state index in [1.807, 2.05) is 54.0 Å². The number of thioether (sulfide) groups is 1. The van der Waals surface area contributed by atoms with Gasteiger partial charge >= 0.3 is 0 Å². The highest BCUT2D eigenvalue weighted by Gasteiger charge is 2.21. The minimum Gasteiger partial charge on any atom is -0.293 e. The number of rotatable bonds is 5. The van der Waals surface area contributed by atoms with Gasteiger partial charge in [0.1, 0.15) is 6.33 Å². The summed E-state index contributed by atoms with van der Waals surface area (Å²) in [6, 6.07) is 16.0. The Kier molecular flexibility index (Phi) is 5.51. The van der Waals surface area contributed by atoms with Gasteiger partial charge in [-0.3, -0.25) is 9.36 Å². The molecule has 0 spiro atoms. The number of hydrogen-bond acceptors (Lipinski definition) is 4. The molecule has 3 aromatic rings. The maximum Gasteiger partial charge on any atom is 0.196 e. The zero-order valence-corrected chi connectivity index (χ0v) is 17.2. The van der Waals surface area contributed by atoms with E-state index in [1.165, 1.54) is 17.3 Å². The van der Waals surface area contributed by atoms with Gasteiger partial charge in [-0.05, 0) is 36.5 Å². The van der Waals surface area contributed by atoms with Gasteiger partial charge in [0.15, 0.2) is 10.9 Å². The van der Waals surface area contributed by atoms with E-state index in [2.05, 4.69) is 44.0 Å². The Morgan fingerprint density at radius 1 is 1.07 bits per heavy atom. The molecular weight excluding hydrogens is 354 g/mol. The number of ketones is 1. The molecule has 5 heteroatoms. The first kappa shape index (κ1) is 19.4. The van der Waals surface area contributed by atoms with Crippen LogP contribution < -0.4 is 0 Å². The van der Waals surface area contributed by atoms with Gasteiger partial charge in [-0.25, -0.2) is 0 Å². The Hall–Kier alpha value is -2.40. The van der Waals surface area contributed by atoms with Gasteiger partial charge in [0, 0.05) is 5.56 Å². The second-order valence-corrected chi connectivity index (χ2v) is 9.03. The van der Waals surface area contributed by atoms with Crippen molar-refractivity contribution >= 4 is 17.5 Å². The molecule has 0 aliphatic heterocycles. The van der Waals surface area contributed by atoms with Crippen molar-refractivity contribution in [1.29, 1.82) is 0 Å². The summed E-state index contributed by atoms with van der Waals surface area (Å²) < 4.78 is 1.94. The summed E-state index contributed by atoms with van der Waals surface area (Å²) in [5.41, 5.74) is 4.19. The number of nitrogens with zero attached hydrogens (tertiary/aromatic N) is 3. The third kappa shape index (κ3) is 4.30. The molecule has 0 saturated heterocycles. The van der Waals surface area contributed by atoms with Crippen molar-refractivity contribution in [1.82, 2.24) is 14.8 Å². The number of carbonyl (C=O) groups excluding carboxylic acids is 1. The molecule has 0 radical (unpaired) electrons. The Bertz CT molecular complexity index is 939. The first-order valence-electron chi connectivity index (χ1n) is 9.05. The van der Waals surface area contributed by atoms with Crippen LogP contribution in [0, 0.1) is 6.92 Å². The monoisotopic (exact) mass is 379 g/mol. The summed E-state index contributed by atoms with van der Waals surface area (Å²) in [5.74, 6) is 0.0970. The fourth-order valence-electron chi connectivity index (χ4n) is 2.88. The molecule has 0 saturated carbocycles. The van der Waals surface area contributed by atoms with Crippen LogP contribution >= 0.6 is 11.8 Å². The van der Waals surface area contributed by atoms with Crippen molar-refractivity contribution in [2.24, 2.45) is 0 Å². The number of hydrogen-bond donors (Lipinski definition) is 0. The van der Waals surface area contributed by atoms with Crippen LogP contribution in [-0.4, -0.2) is 25.8 Å². The summed E-state index contributed by atoms with van der Waals surface area (Å²) in [6.07, 6.45) is 1.69. The second kappa shape index (κ2) is 7.69. The summed E-state index contributed by atoms with van der Waals surface area (Å²) in [6.45, 7) is 10.5. The van der Waals surface area contributed by atoms with Crippen LogP contribution in [0.1, 0.15) is 49.2 Å². The zero-order valence-electron chi connectivity index (χ0n) is 16.4. The SMILES string of the molecule is Cc1ccccc1-n1cnnc1S[C@H](C)C(=O)c1ccc(C(C)(C)C)cc1. The highest BCUT2D eigenvalue weighted by molar-refractivity contribution is 8.00. The van der Waals surface area contributed by atoms with E-state index in [0.717, 1.165) is 22.0 Å². The fourth-order valence-corrected chi connectivity index (χ4v) is 3.80. The van der Waals surface area contributed by atoms with E-state index >= 15 is 0 Å². The van der Waals surface area contributed by atoms with Gasteiger partial charge in [-0.1, -0.05) is 75.0 Å². The molecule has 1 atom stereocenters. The summed E-state index contributed by atoms with van der Waals surface area (Å²) in [4.78, 5) is 12.9. The highest BCUT2D eigenvalue weighted by Crippen LogP contribution is 2.28. The first-order valence-corrected chi connectivity index (χ1v) is 9.93. The van der Waals surface area contributed by atoms with Gasteiger partial charge in [0.2, 0.25) is 0 Å². The van der Waals surface area contributed by atoms with Crippen molar-refractivity contribution < 1.29 is 4.79 Å². The summed E-state index contributed by atoms with van der Waals surface area (Å²) in [7, 11) is 0. The lowest BCUT2D eigenvalue weighted by molar-refractivity contribution is 0.0994. The van der Waals surface area contributed by atoms with Crippen molar-refractivity contribution in [3.8, 4) is 5.69 Å². The maximum atomic E-state index is 12.9. The lowest BCUT2D eigenvalue weighted by Crippen LogP contribution is -2.16. The summed E-state index contributed by atoms with van der Waals surface area (Å²) >= 11 is 1.43. The Morgan fingerprint density at radius 3 is 2.37 bits per heavy atom. The Labute approximate surface area is 165 Å². The normalized spacial score (nSPS) is 12.8. The molecule has 3 rings (SSSR count). The predicted molar refractivity (Wildman–Crippen MR) is 111 cm³/mol. The average Bonchev–Trinajstić information content (AvgIpc) is 3.08. The minimum atomic E-state index is -0.252. The minimum absolute atomic E-state index is 0.0753. The summed E-state index contributed by atoms with van der Waals surface area (Å²) in [5, 5.41) is 8.73. The van der Waals surface area contributed by atoms with Crippen LogP contribution in [0.5, 0.6) is 0 Å². The molecule has 140 valence electrons. The van der Waals surface area contributed by atoms with Crippen LogP contribution in [0.4, 0.5) is 0 Å². The predicted octanol–water partition coefficient (Wildman–Crippen LogP) is 5.24. The Balaban J connectivity index is 1.78. The molecule has 2 aromatic carbocycles. The quantitative estimate of drug-likeness (QED) is 0.449. The van der Waals surface area contributed by atoms with E-state index in [9.17, 15) is 4.79 Å². The average molecular weight is 380 g/mol. The van der Waals surface area contributed by atoms with Crippen LogP contribution in [0.2, 0.25) is 0 Å². The zero-order chi connectivity index (χ0) is 19.6. The van der Waals surface area contributed by atoms with Gasteiger partial charge in [0.25, 0.3) is 0 Å². The number of aryl methyl sites for hydroxylation is 1. The third-order valence-electron chi connectivity index (χ3n) is 4.58. The number of Topliss-reactive ketones (excluding diaryl/α,β-unsaturated/α-hetero) is 1.